The number of sulfonamides is 2. The van der Waals surface area contributed by atoms with Crippen molar-refractivity contribution in [1.29, 1.82) is 0 Å². The summed E-state index contributed by atoms with van der Waals surface area (Å²) in [6, 6.07) is 15.4. The van der Waals surface area contributed by atoms with Crippen LogP contribution in [0.15, 0.2) is 64.4 Å². The molecule has 7 nitrogen and oxygen atoms in total. The van der Waals surface area contributed by atoms with Crippen molar-refractivity contribution in [1.82, 2.24) is 13.9 Å². The number of nitrogens with one attached hydrogen (secondary N) is 1. The largest absolute Gasteiger partial charge is 0.295 e. The van der Waals surface area contributed by atoms with E-state index in [4.69, 9.17) is 0 Å². The van der Waals surface area contributed by atoms with Crippen LogP contribution in [0, 0.1) is 0 Å². The summed E-state index contributed by atoms with van der Waals surface area (Å²) < 4.78 is 55.3. The Bertz CT molecular complexity index is 1080. The fraction of sp³-hybridized carbons (Fsp3) is 0.455. The molecule has 0 aromatic heterocycles. The molecule has 2 aromatic carbocycles. The highest BCUT2D eigenvalue weighted by molar-refractivity contribution is 7.89. The molecule has 2 aliphatic heterocycles. The van der Waals surface area contributed by atoms with Crippen molar-refractivity contribution in [2.24, 2.45) is 0 Å². The summed E-state index contributed by atoms with van der Waals surface area (Å²) >= 11 is 0. The van der Waals surface area contributed by atoms with Gasteiger partial charge in [0.2, 0.25) is 20.0 Å². The average Bonchev–Trinajstić information content (AvgIpc) is 3.50. The Morgan fingerprint density at radius 1 is 0.742 bits per heavy atom. The first kappa shape index (κ1) is 22.4. The van der Waals surface area contributed by atoms with Gasteiger partial charge in [0, 0.05) is 25.7 Å². The first-order valence-electron chi connectivity index (χ1n) is 10.8. The summed E-state index contributed by atoms with van der Waals surface area (Å²) in [5.41, 5.74) is 1.08. The quantitative estimate of drug-likeness (QED) is 0.650. The van der Waals surface area contributed by atoms with Gasteiger partial charge in [-0.25, -0.2) is 21.6 Å². The molecule has 1 unspecified atom stereocenters. The van der Waals surface area contributed by atoms with Crippen LogP contribution in [0.5, 0.6) is 0 Å². The molecule has 1 atom stereocenters. The standard InChI is InChI=1S/C22H29N3O4S2/c26-30(27,20-10-12-21(13-11-20)31(28,29)25-16-6-7-17-25)23-18-22(24-14-4-5-15-24)19-8-2-1-3-9-19/h1-3,8-13,22-23H,4-7,14-18H2. The first-order valence-corrected chi connectivity index (χ1v) is 13.7. The number of benzene rings is 2. The van der Waals surface area contributed by atoms with E-state index in [1.165, 1.54) is 28.6 Å². The van der Waals surface area contributed by atoms with Gasteiger partial charge < -0.3 is 0 Å². The summed E-state index contributed by atoms with van der Waals surface area (Å²) in [6.45, 7) is 3.19. The van der Waals surface area contributed by atoms with Gasteiger partial charge in [-0.1, -0.05) is 30.3 Å². The van der Waals surface area contributed by atoms with Crippen LogP contribution < -0.4 is 4.72 Å². The Morgan fingerprint density at radius 3 is 1.90 bits per heavy atom. The number of hydrogen-bond donors (Lipinski definition) is 1. The lowest BCUT2D eigenvalue weighted by molar-refractivity contribution is 0.246. The van der Waals surface area contributed by atoms with Gasteiger partial charge in [-0.15, -0.1) is 0 Å². The molecule has 0 saturated carbocycles. The monoisotopic (exact) mass is 463 g/mol. The molecule has 9 heteroatoms. The van der Waals surface area contributed by atoms with Crippen LogP contribution in [0.4, 0.5) is 0 Å². The van der Waals surface area contributed by atoms with E-state index < -0.39 is 20.0 Å². The lowest BCUT2D eigenvalue weighted by Gasteiger charge is -2.28. The summed E-state index contributed by atoms with van der Waals surface area (Å²) in [6.07, 6.45) is 3.94. The minimum atomic E-state index is -3.76. The molecule has 2 saturated heterocycles. The van der Waals surface area contributed by atoms with Gasteiger partial charge in [0.25, 0.3) is 0 Å². The van der Waals surface area contributed by atoms with Crippen LogP contribution in [0.2, 0.25) is 0 Å². The van der Waals surface area contributed by atoms with E-state index in [-0.39, 0.29) is 22.4 Å². The van der Waals surface area contributed by atoms with E-state index in [1.807, 2.05) is 30.3 Å². The van der Waals surface area contributed by atoms with Crippen molar-refractivity contribution in [3.8, 4) is 0 Å². The molecule has 2 aromatic rings. The molecule has 0 spiro atoms. The molecule has 2 fully saturated rings. The molecule has 4 rings (SSSR count). The third kappa shape index (κ3) is 5.01. The average molecular weight is 464 g/mol. The molecular formula is C22H29N3O4S2. The summed E-state index contributed by atoms with van der Waals surface area (Å²) in [5.74, 6) is 0. The summed E-state index contributed by atoms with van der Waals surface area (Å²) in [4.78, 5) is 2.51. The van der Waals surface area contributed by atoms with Crippen LogP contribution in [0.3, 0.4) is 0 Å². The van der Waals surface area contributed by atoms with Crippen LogP contribution in [-0.4, -0.2) is 58.8 Å². The van der Waals surface area contributed by atoms with Crippen LogP contribution in [0.25, 0.3) is 0 Å². The molecule has 1 N–H and O–H groups in total. The van der Waals surface area contributed by atoms with Crippen LogP contribution in [0.1, 0.15) is 37.3 Å². The molecule has 168 valence electrons. The minimum absolute atomic E-state index is 0.0340. The smallest absolute Gasteiger partial charge is 0.243 e. The van der Waals surface area contributed by atoms with E-state index in [1.54, 1.807) is 0 Å². The fourth-order valence-corrected chi connectivity index (χ4v) is 6.88. The van der Waals surface area contributed by atoms with Gasteiger partial charge in [-0.3, -0.25) is 4.90 Å². The van der Waals surface area contributed by atoms with Crippen molar-refractivity contribution in [3.05, 3.63) is 60.2 Å². The highest BCUT2D eigenvalue weighted by Gasteiger charge is 2.28. The molecular weight excluding hydrogens is 434 g/mol. The zero-order valence-electron chi connectivity index (χ0n) is 17.5. The predicted octanol–water partition coefficient (Wildman–Crippen LogP) is 2.59. The normalized spacial score (nSPS) is 19.6. The maximum absolute atomic E-state index is 12.9. The van der Waals surface area contributed by atoms with Crippen molar-refractivity contribution in [2.45, 2.75) is 41.5 Å². The van der Waals surface area contributed by atoms with E-state index in [9.17, 15) is 16.8 Å². The third-order valence-corrected chi connectivity index (χ3v) is 9.42. The second-order valence-electron chi connectivity index (χ2n) is 8.10. The molecule has 0 bridgehead atoms. The second kappa shape index (κ2) is 9.38. The van der Waals surface area contributed by atoms with E-state index in [0.29, 0.717) is 13.1 Å². The van der Waals surface area contributed by atoms with Crippen molar-refractivity contribution in [2.75, 3.05) is 32.7 Å². The lowest BCUT2D eigenvalue weighted by atomic mass is 10.1. The Labute approximate surface area is 185 Å². The molecule has 0 amide bonds. The Hall–Kier alpha value is -1.78. The maximum atomic E-state index is 12.9. The lowest BCUT2D eigenvalue weighted by Crippen LogP contribution is -2.36. The minimum Gasteiger partial charge on any atom is -0.295 e. The topological polar surface area (TPSA) is 86.8 Å². The zero-order valence-corrected chi connectivity index (χ0v) is 19.1. The molecule has 2 aliphatic rings. The molecule has 2 heterocycles. The Kier molecular flexibility index (Phi) is 6.78. The first-order chi connectivity index (χ1) is 14.9. The van der Waals surface area contributed by atoms with Gasteiger partial charge in [-0.05, 0) is 68.6 Å². The number of likely N-dealkylation sites (tertiary alicyclic amines) is 1. The Balaban J connectivity index is 1.49. The highest BCUT2D eigenvalue weighted by Crippen LogP contribution is 2.26. The van der Waals surface area contributed by atoms with Gasteiger partial charge in [0.05, 0.1) is 9.79 Å². The second-order valence-corrected chi connectivity index (χ2v) is 11.8. The van der Waals surface area contributed by atoms with E-state index in [0.717, 1.165) is 44.3 Å². The Morgan fingerprint density at radius 2 is 1.29 bits per heavy atom. The van der Waals surface area contributed by atoms with Crippen LogP contribution in [-0.2, 0) is 20.0 Å². The SMILES string of the molecule is O=S(=O)(NCC(c1ccccc1)N1CCCC1)c1ccc(S(=O)(=O)N2CCCC2)cc1. The van der Waals surface area contributed by atoms with Crippen molar-refractivity contribution < 1.29 is 16.8 Å². The van der Waals surface area contributed by atoms with Gasteiger partial charge in [-0.2, -0.15) is 4.31 Å². The zero-order chi connectivity index (χ0) is 21.9. The number of nitrogens with zero attached hydrogens (tertiary/aromatic N) is 2. The molecule has 31 heavy (non-hydrogen) atoms. The van der Waals surface area contributed by atoms with Crippen LogP contribution >= 0.6 is 0 Å². The van der Waals surface area contributed by atoms with E-state index >= 15 is 0 Å². The maximum Gasteiger partial charge on any atom is 0.243 e. The highest BCUT2D eigenvalue weighted by atomic mass is 32.2. The summed E-state index contributed by atoms with van der Waals surface area (Å²) in [5, 5.41) is 0. The molecule has 0 aliphatic carbocycles. The predicted molar refractivity (Wildman–Crippen MR) is 120 cm³/mol. The third-order valence-electron chi connectivity index (χ3n) is 6.07. The van der Waals surface area contributed by atoms with Crippen molar-refractivity contribution in [3.63, 3.8) is 0 Å². The molecule has 0 radical (unpaired) electrons. The fourth-order valence-electron chi connectivity index (χ4n) is 4.33. The van der Waals surface area contributed by atoms with E-state index in [2.05, 4.69) is 9.62 Å². The number of hydrogen-bond acceptors (Lipinski definition) is 5. The van der Waals surface area contributed by atoms with Crippen molar-refractivity contribution >= 4 is 20.0 Å². The van der Waals surface area contributed by atoms with Gasteiger partial charge in [0.15, 0.2) is 0 Å². The summed E-state index contributed by atoms with van der Waals surface area (Å²) in [7, 11) is -7.32. The van der Waals surface area contributed by atoms with Gasteiger partial charge >= 0.3 is 0 Å². The van der Waals surface area contributed by atoms with Gasteiger partial charge in [0.1, 0.15) is 0 Å². The number of rotatable bonds is 8.